The van der Waals surface area contributed by atoms with Gasteiger partial charge in [-0.3, -0.25) is 9.59 Å². The highest BCUT2D eigenvalue weighted by Gasteiger charge is 2.22. The first-order valence-corrected chi connectivity index (χ1v) is 7.93. The van der Waals surface area contributed by atoms with Crippen molar-refractivity contribution in [3.05, 3.63) is 58.5 Å². The van der Waals surface area contributed by atoms with Gasteiger partial charge in [-0.05, 0) is 42.8 Å². The van der Waals surface area contributed by atoms with Crippen LogP contribution in [0, 0.1) is 0 Å². The second kappa shape index (κ2) is 6.88. The lowest BCUT2D eigenvalue weighted by Gasteiger charge is -2.18. The molecule has 1 N–H and O–H groups in total. The van der Waals surface area contributed by atoms with Crippen LogP contribution in [0.4, 0.5) is 11.4 Å². The number of carbonyl (C=O) groups excluding carboxylic acids is 1. The lowest BCUT2D eigenvalue weighted by molar-refractivity contribution is 0.102. The number of ether oxygens (including phenoxy) is 1. The normalized spacial score (nSPS) is 17.1. The van der Waals surface area contributed by atoms with Crippen molar-refractivity contribution in [1.29, 1.82) is 0 Å². The van der Waals surface area contributed by atoms with Crippen LogP contribution >= 0.6 is 0 Å². The first-order chi connectivity index (χ1) is 11.6. The van der Waals surface area contributed by atoms with Crippen LogP contribution in [0.15, 0.2) is 47.4 Å². The lowest BCUT2D eigenvalue weighted by atomic mass is 10.2. The van der Waals surface area contributed by atoms with Crippen molar-refractivity contribution in [1.82, 2.24) is 4.57 Å². The van der Waals surface area contributed by atoms with E-state index < -0.39 is 5.91 Å². The van der Waals surface area contributed by atoms with E-state index in [0.717, 1.165) is 25.2 Å². The molecule has 1 aromatic carbocycles. The van der Waals surface area contributed by atoms with Crippen molar-refractivity contribution >= 4 is 17.3 Å². The molecule has 1 aliphatic rings. The number of rotatable bonds is 4. The van der Waals surface area contributed by atoms with Gasteiger partial charge in [0.1, 0.15) is 5.56 Å². The Morgan fingerprint density at radius 3 is 2.67 bits per heavy atom. The van der Waals surface area contributed by atoms with Gasteiger partial charge in [0.2, 0.25) is 0 Å². The summed E-state index contributed by atoms with van der Waals surface area (Å²) in [6.45, 7) is 1.84. The maximum absolute atomic E-state index is 12.3. The van der Waals surface area contributed by atoms with Crippen LogP contribution in [0.25, 0.3) is 0 Å². The van der Waals surface area contributed by atoms with E-state index in [9.17, 15) is 9.59 Å². The number of hydrogen-bond acceptors (Lipinski definition) is 4. The zero-order chi connectivity index (χ0) is 17.1. The van der Waals surface area contributed by atoms with Crippen molar-refractivity contribution in [3.63, 3.8) is 0 Å². The predicted molar refractivity (Wildman–Crippen MR) is 93.7 cm³/mol. The SMILES string of the molecule is CO[C@H]1CCN(c2ccc(NC(=O)c3cccn(C)c3=O)cc2)C1. The van der Waals surface area contributed by atoms with Gasteiger partial charge in [0, 0.05) is 44.8 Å². The van der Waals surface area contributed by atoms with Crippen LogP contribution in [0.5, 0.6) is 0 Å². The molecule has 2 aromatic rings. The fraction of sp³-hybridized carbons (Fsp3) is 0.333. The maximum atomic E-state index is 12.3. The predicted octanol–water partition coefficient (Wildman–Crippen LogP) is 1.86. The molecule has 1 fully saturated rings. The third-order valence-electron chi connectivity index (χ3n) is 4.34. The molecule has 0 unspecified atom stereocenters. The smallest absolute Gasteiger partial charge is 0.263 e. The van der Waals surface area contributed by atoms with Gasteiger partial charge in [0.15, 0.2) is 0 Å². The van der Waals surface area contributed by atoms with E-state index in [1.807, 2.05) is 24.3 Å². The summed E-state index contributed by atoms with van der Waals surface area (Å²) in [5.41, 5.74) is 1.58. The Hall–Kier alpha value is -2.60. The molecule has 0 aliphatic carbocycles. The molecule has 6 nitrogen and oxygen atoms in total. The molecular formula is C18H21N3O3. The summed E-state index contributed by atoms with van der Waals surface area (Å²) in [4.78, 5) is 26.5. The van der Waals surface area contributed by atoms with E-state index in [4.69, 9.17) is 4.74 Å². The molecule has 0 saturated carbocycles. The summed E-state index contributed by atoms with van der Waals surface area (Å²) in [5.74, 6) is -0.399. The third-order valence-corrected chi connectivity index (χ3v) is 4.34. The number of aromatic nitrogens is 1. The second-order valence-corrected chi connectivity index (χ2v) is 5.93. The van der Waals surface area contributed by atoms with Gasteiger partial charge in [-0.1, -0.05) is 0 Å². The van der Waals surface area contributed by atoms with Gasteiger partial charge < -0.3 is 19.5 Å². The topological polar surface area (TPSA) is 63.6 Å². The number of methoxy groups -OCH3 is 1. The summed E-state index contributed by atoms with van der Waals surface area (Å²) >= 11 is 0. The summed E-state index contributed by atoms with van der Waals surface area (Å²) < 4.78 is 6.77. The molecule has 0 bridgehead atoms. The Balaban J connectivity index is 1.69. The number of amides is 1. The molecule has 1 saturated heterocycles. The van der Waals surface area contributed by atoms with Gasteiger partial charge in [0.25, 0.3) is 11.5 Å². The van der Waals surface area contributed by atoms with Gasteiger partial charge in [0.05, 0.1) is 6.10 Å². The maximum Gasteiger partial charge on any atom is 0.263 e. The summed E-state index contributed by atoms with van der Waals surface area (Å²) in [7, 11) is 3.36. The monoisotopic (exact) mass is 327 g/mol. The first kappa shape index (κ1) is 16.3. The number of aryl methyl sites for hydroxylation is 1. The molecule has 0 spiro atoms. The van der Waals surface area contributed by atoms with Crippen molar-refractivity contribution in [3.8, 4) is 0 Å². The zero-order valence-corrected chi connectivity index (χ0v) is 13.9. The molecule has 0 radical (unpaired) electrons. The first-order valence-electron chi connectivity index (χ1n) is 7.93. The highest BCUT2D eigenvalue weighted by molar-refractivity contribution is 6.04. The van der Waals surface area contributed by atoms with Crippen molar-refractivity contribution in [2.75, 3.05) is 30.4 Å². The summed E-state index contributed by atoms with van der Waals surface area (Å²) in [6.07, 6.45) is 2.92. The number of carbonyl (C=O) groups is 1. The number of nitrogens with zero attached hydrogens (tertiary/aromatic N) is 2. The van der Waals surface area contributed by atoms with Crippen LogP contribution < -0.4 is 15.8 Å². The van der Waals surface area contributed by atoms with Crippen LogP contribution in [0.1, 0.15) is 16.8 Å². The average Bonchev–Trinajstić information content (AvgIpc) is 3.07. The molecule has 3 rings (SSSR count). The van der Waals surface area contributed by atoms with Crippen molar-refractivity contribution < 1.29 is 9.53 Å². The number of benzene rings is 1. The highest BCUT2D eigenvalue weighted by Crippen LogP contribution is 2.23. The molecule has 2 heterocycles. The van der Waals surface area contributed by atoms with Gasteiger partial charge >= 0.3 is 0 Å². The molecule has 1 atom stereocenters. The van der Waals surface area contributed by atoms with Crippen molar-refractivity contribution in [2.45, 2.75) is 12.5 Å². The second-order valence-electron chi connectivity index (χ2n) is 5.93. The molecule has 1 aromatic heterocycles. The average molecular weight is 327 g/mol. The van der Waals surface area contributed by atoms with Gasteiger partial charge in [-0.2, -0.15) is 0 Å². The standard InChI is InChI=1S/C18H21N3O3/c1-20-10-3-4-16(18(20)23)17(22)19-13-5-7-14(8-6-13)21-11-9-15(12-21)24-2/h3-8,10,15H,9,11-12H2,1-2H3,(H,19,22)/t15-/m0/s1. The minimum absolute atomic E-state index is 0.131. The van der Waals surface area contributed by atoms with Crippen LogP contribution in [0.2, 0.25) is 0 Å². The van der Waals surface area contributed by atoms with Crippen molar-refractivity contribution in [2.24, 2.45) is 7.05 Å². The largest absolute Gasteiger partial charge is 0.380 e. The summed E-state index contributed by atoms with van der Waals surface area (Å²) in [5, 5.41) is 2.77. The number of pyridine rings is 1. The Labute approximate surface area is 140 Å². The van der Waals surface area contributed by atoms with E-state index in [2.05, 4.69) is 10.2 Å². The fourth-order valence-electron chi connectivity index (χ4n) is 2.88. The molecule has 24 heavy (non-hydrogen) atoms. The Morgan fingerprint density at radius 1 is 1.25 bits per heavy atom. The molecular weight excluding hydrogens is 306 g/mol. The fourth-order valence-corrected chi connectivity index (χ4v) is 2.88. The van der Waals surface area contributed by atoms with Crippen LogP contribution in [-0.4, -0.2) is 36.8 Å². The Kier molecular flexibility index (Phi) is 4.66. The number of anilines is 2. The highest BCUT2D eigenvalue weighted by atomic mass is 16.5. The minimum atomic E-state index is -0.399. The third kappa shape index (κ3) is 3.33. The Bertz CT molecular complexity index is 783. The van der Waals surface area contributed by atoms with E-state index in [1.54, 1.807) is 26.4 Å². The van der Waals surface area contributed by atoms with Crippen LogP contribution in [0.3, 0.4) is 0 Å². The molecule has 6 heteroatoms. The summed E-state index contributed by atoms with van der Waals surface area (Å²) in [6, 6.07) is 10.8. The van der Waals surface area contributed by atoms with Gasteiger partial charge in [-0.15, -0.1) is 0 Å². The van der Waals surface area contributed by atoms with E-state index in [0.29, 0.717) is 5.69 Å². The van der Waals surface area contributed by atoms with E-state index >= 15 is 0 Å². The van der Waals surface area contributed by atoms with E-state index in [1.165, 1.54) is 10.6 Å². The molecule has 1 aliphatic heterocycles. The lowest BCUT2D eigenvalue weighted by Crippen LogP contribution is -2.27. The van der Waals surface area contributed by atoms with E-state index in [-0.39, 0.29) is 17.2 Å². The van der Waals surface area contributed by atoms with Crippen LogP contribution in [-0.2, 0) is 11.8 Å². The quantitative estimate of drug-likeness (QED) is 0.931. The Morgan fingerprint density at radius 2 is 2.00 bits per heavy atom. The number of nitrogens with one attached hydrogen (secondary N) is 1. The van der Waals surface area contributed by atoms with Gasteiger partial charge in [-0.25, -0.2) is 0 Å². The minimum Gasteiger partial charge on any atom is -0.380 e. The zero-order valence-electron chi connectivity index (χ0n) is 13.9. The number of hydrogen-bond donors (Lipinski definition) is 1. The molecule has 126 valence electrons. The molecule has 1 amide bonds.